The van der Waals surface area contributed by atoms with Gasteiger partial charge in [-0.25, -0.2) is 4.98 Å². The molecule has 6 heteroatoms. The first kappa shape index (κ1) is 11.9. The van der Waals surface area contributed by atoms with E-state index in [9.17, 15) is 0 Å². The summed E-state index contributed by atoms with van der Waals surface area (Å²) in [5.41, 5.74) is 7.17. The molecule has 90 valence electrons. The second-order valence-corrected chi connectivity index (χ2v) is 4.02. The van der Waals surface area contributed by atoms with Crippen LogP contribution >= 0.6 is 11.6 Å². The number of nitrogens with zero attached hydrogens (tertiary/aromatic N) is 2. The van der Waals surface area contributed by atoms with Gasteiger partial charge in [-0.15, -0.1) is 0 Å². The van der Waals surface area contributed by atoms with Gasteiger partial charge in [0.05, 0.1) is 19.2 Å². The average Bonchev–Trinajstić information content (AvgIpc) is 2.80. The fourth-order valence-corrected chi connectivity index (χ4v) is 1.67. The number of hydrogen-bond acceptors (Lipinski definition) is 4. The van der Waals surface area contributed by atoms with Gasteiger partial charge >= 0.3 is 0 Å². The summed E-state index contributed by atoms with van der Waals surface area (Å²) in [5.74, 6) is 1.84. The highest BCUT2D eigenvalue weighted by Gasteiger charge is 2.13. The van der Waals surface area contributed by atoms with Gasteiger partial charge in [-0.05, 0) is 24.6 Å². The zero-order chi connectivity index (χ0) is 12.4. The average molecular weight is 253 g/mol. The molecule has 1 aromatic heterocycles. The van der Waals surface area contributed by atoms with E-state index >= 15 is 0 Å². The van der Waals surface area contributed by atoms with Crippen molar-refractivity contribution in [1.29, 1.82) is 0 Å². The van der Waals surface area contributed by atoms with E-state index in [1.807, 2.05) is 13.0 Å². The molecule has 5 nitrogen and oxygen atoms in total. The number of nitrogens with one attached hydrogen (secondary N) is 1. The summed E-state index contributed by atoms with van der Waals surface area (Å²) in [4.78, 5) is 4.25. The number of ether oxygens (including phenoxy) is 1. The summed E-state index contributed by atoms with van der Waals surface area (Å²) in [5, 5.41) is 7.49. The molecule has 0 radical (unpaired) electrons. The number of halogens is 1. The zero-order valence-electron chi connectivity index (χ0n) is 9.62. The lowest BCUT2D eigenvalue weighted by Gasteiger charge is -2.08. The molecule has 2 rings (SSSR count). The van der Waals surface area contributed by atoms with E-state index in [1.165, 1.54) is 0 Å². The number of methoxy groups -OCH3 is 1. The minimum absolute atomic E-state index is 0.314. The maximum absolute atomic E-state index is 6.09. The molecule has 3 N–H and O–H groups in total. The summed E-state index contributed by atoms with van der Waals surface area (Å²) in [6.45, 7) is 2.23. The third-order valence-electron chi connectivity index (χ3n) is 2.45. The van der Waals surface area contributed by atoms with Crippen molar-refractivity contribution < 1.29 is 4.74 Å². The molecule has 0 aliphatic carbocycles. The predicted molar refractivity (Wildman–Crippen MR) is 66.0 cm³/mol. The molecule has 2 aromatic rings. The Bertz CT molecular complexity index is 538. The van der Waals surface area contributed by atoms with Gasteiger partial charge in [-0.2, -0.15) is 5.10 Å². The van der Waals surface area contributed by atoms with Crippen molar-refractivity contribution in [3.05, 3.63) is 28.5 Å². The third-order valence-corrected chi connectivity index (χ3v) is 2.85. The number of benzene rings is 1. The van der Waals surface area contributed by atoms with Gasteiger partial charge in [0, 0.05) is 5.02 Å². The zero-order valence-corrected chi connectivity index (χ0v) is 10.4. The van der Waals surface area contributed by atoms with Gasteiger partial charge < -0.3 is 10.5 Å². The van der Waals surface area contributed by atoms with Crippen molar-refractivity contribution in [2.75, 3.05) is 7.11 Å². The Morgan fingerprint density at radius 2 is 2.24 bits per heavy atom. The monoisotopic (exact) mass is 252 g/mol. The van der Waals surface area contributed by atoms with E-state index in [-0.39, 0.29) is 0 Å². The number of rotatable bonds is 3. The minimum atomic E-state index is 0.314. The van der Waals surface area contributed by atoms with Crippen LogP contribution in [0.4, 0.5) is 0 Å². The summed E-state index contributed by atoms with van der Waals surface area (Å²) in [6.07, 6.45) is 0. The SMILES string of the molecule is COc1cc(C)c(Cl)cc1-c1n[nH]c(CN)n1. The van der Waals surface area contributed by atoms with Gasteiger partial charge in [-0.1, -0.05) is 11.6 Å². The Hall–Kier alpha value is -1.59. The molecule has 0 amide bonds. The minimum Gasteiger partial charge on any atom is -0.496 e. The predicted octanol–water partition coefficient (Wildman–Crippen LogP) is 1.90. The van der Waals surface area contributed by atoms with Gasteiger partial charge in [-0.3, -0.25) is 5.10 Å². The number of hydrogen-bond donors (Lipinski definition) is 2. The Kier molecular flexibility index (Phi) is 3.31. The molecule has 1 heterocycles. The molecule has 17 heavy (non-hydrogen) atoms. The first-order valence-corrected chi connectivity index (χ1v) is 5.49. The van der Waals surface area contributed by atoms with Crippen molar-refractivity contribution in [3.63, 3.8) is 0 Å². The van der Waals surface area contributed by atoms with Crippen molar-refractivity contribution in [2.45, 2.75) is 13.5 Å². The van der Waals surface area contributed by atoms with E-state index < -0.39 is 0 Å². The van der Waals surface area contributed by atoms with Crippen LogP contribution in [0.3, 0.4) is 0 Å². The van der Waals surface area contributed by atoms with Crippen LogP contribution in [-0.2, 0) is 6.54 Å². The highest BCUT2D eigenvalue weighted by molar-refractivity contribution is 6.31. The maximum Gasteiger partial charge on any atom is 0.184 e. The topological polar surface area (TPSA) is 76.8 Å². The highest BCUT2D eigenvalue weighted by Crippen LogP contribution is 2.32. The lowest BCUT2D eigenvalue weighted by molar-refractivity contribution is 0.416. The van der Waals surface area contributed by atoms with E-state index in [1.54, 1.807) is 13.2 Å². The molecule has 0 bridgehead atoms. The molecule has 0 aliphatic heterocycles. The molecule has 0 saturated heterocycles. The normalized spacial score (nSPS) is 10.6. The number of aromatic nitrogens is 3. The smallest absolute Gasteiger partial charge is 0.184 e. The van der Waals surface area contributed by atoms with Crippen molar-refractivity contribution in [1.82, 2.24) is 15.2 Å². The molecule has 0 saturated carbocycles. The molecule has 0 spiro atoms. The van der Waals surface area contributed by atoms with Crippen LogP contribution in [0.15, 0.2) is 12.1 Å². The van der Waals surface area contributed by atoms with E-state index in [4.69, 9.17) is 22.1 Å². The molecule has 0 fully saturated rings. The molecule has 0 atom stereocenters. The molecular formula is C11H13ClN4O. The Labute approximate surface area is 104 Å². The summed E-state index contributed by atoms with van der Waals surface area (Å²) < 4.78 is 5.29. The van der Waals surface area contributed by atoms with Crippen molar-refractivity contribution in [2.24, 2.45) is 5.73 Å². The summed E-state index contributed by atoms with van der Waals surface area (Å²) in [6, 6.07) is 3.65. The summed E-state index contributed by atoms with van der Waals surface area (Å²) in [7, 11) is 1.60. The lowest BCUT2D eigenvalue weighted by Crippen LogP contribution is -1.98. The van der Waals surface area contributed by atoms with Gasteiger partial charge in [0.1, 0.15) is 11.6 Å². The largest absolute Gasteiger partial charge is 0.496 e. The fraction of sp³-hybridized carbons (Fsp3) is 0.273. The van der Waals surface area contributed by atoms with Crippen LogP contribution in [0.25, 0.3) is 11.4 Å². The Morgan fingerprint density at radius 3 is 2.82 bits per heavy atom. The van der Waals surface area contributed by atoms with E-state index in [0.717, 1.165) is 11.1 Å². The number of nitrogens with two attached hydrogens (primary N) is 1. The van der Waals surface area contributed by atoms with Gasteiger partial charge in [0.25, 0.3) is 0 Å². The Morgan fingerprint density at radius 1 is 1.47 bits per heavy atom. The van der Waals surface area contributed by atoms with Crippen LogP contribution in [0, 0.1) is 6.92 Å². The van der Waals surface area contributed by atoms with E-state index in [2.05, 4.69) is 15.2 Å². The van der Waals surface area contributed by atoms with Crippen molar-refractivity contribution in [3.8, 4) is 17.1 Å². The van der Waals surface area contributed by atoms with Crippen LogP contribution in [0.2, 0.25) is 5.02 Å². The molecular weight excluding hydrogens is 240 g/mol. The van der Waals surface area contributed by atoms with Crippen LogP contribution in [0.1, 0.15) is 11.4 Å². The second-order valence-electron chi connectivity index (χ2n) is 3.61. The van der Waals surface area contributed by atoms with Crippen molar-refractivity contribution >= 4 is 11.6 Å². The second kappa shape index (κ2) is 4.73. The molecule has 1 aromatic carbocycles. The number of aromatic amines is 1. The standard InChI is InChI=1S/C11H13ClN4O/c1-6-3-9(17-2)7(4-8(6)12)11-14-10(5-13)15-16-11/h3-4H,5,13H2,1-2H3,(H,14,15,16). The molecule has 0 unspecified atom stereocenters. The molecule has 0 aliphatic rings. The first-order chi connectivity index (χ1) is 8.15. The maximum atomic E-state index is 6.09. The summed E-state index contributed by atoms with van der Waals surface area (Å²) >= 11 is 6.09. The third kappa shape index (κ3) is 2.25. The van der Waals surface area contributed by atoms with Crippen LogP contribution < -0.4 is 10.5 Å². The van der Waals surface area contributed by atoms with Crippen LogP contribution in [-0.4, -0.2) is 22.3 Å². The lowest BCUT2D eigenvalue weighted by atomic mass is 10.1. The fourth-order valence-electron chi connectivity index (χ4n) is 1.51. The first-order valence-electron chi connectivity index (χ1n) is 5.11. The Balaban J connectivity index is 2.53. The number of H-pyrrole nitrogens is 1. The van der Waals surface area contributed by atoms with E-state index in [0.29, 0.717) is 29.0 Å². The van der Waals surface area contributed by atoms with Gasteiger partial charge in [0.15, 0.2) is 5.82 Å². The highest BCUT2D eigenvalue weighted by atomic mass is 35.5. The number of aryl methyl sites for hydroxylation is 1. The quantitative estimate of drug-likeness (QED) is 0.875. The van der Waals surface area contributed by atoms with Gasteiger partial charge in [0.2, 0.25) is 0 Å². The van der Waals surface area contributed by atoms with Crippen LogP contribution in [0.5, 0.6) is 5.75 Å².